The van der Waals surface area contributed by atoms with Crippen LogP contribution in [0.15, 0.2) is 66.3 Å². The first-order chi connectivity index (χ1) is 13.9. The summed E-state index contributed by atoms with van der Waals surface area (Å²) in [4.78, 5) is 13.0. The first-order valence-electron chi connectivity index (χ1n) is 10.1. The van der Waals surface area contributed by atoms with Gasteiger partial charge in [-0.05, 0) is 54.3 Å². The molecule has 0 amide bonds. The SMILES string of the molecule is COc1ccc(/C=C/C2=CC3(C)CC2(C)C(c2ccc(OC)cc2)CC3=O)cc1. The van der Waals surface area contributed by atoms with Crippen LogP contribution < -0.4 is 9.47 Å². The van der Waals surface area contributed by atoms with E-state index in [9.17, 15) is 4.79 Å². The molecule has 29 heavy (non-hydrogen) atoms. The number of hydrogen-bond donors (Lipinski definition) is 0. The number of allylic oxidation sites excluding steroid dienone is 3. The molecule has 3 heteroatoms. The lowest BCUT2D eigenvalue weighted by Crippen LogP contribution is -2.39. The lowest BCUT2D eigenvalue weighted by atomic mass is 9.59. The van der Waals surface area contributed by atoms with Gasteiger partial charge in [0, 0.05) is 23.2 Å². The van der Waals surface area contributed by atoms with Crippen LogP contribution >= 0.6 is 0 Å². The van der Waals surface area contributed by atoms with Gasteiger partial charge in [-0.25, -0.2) is 0 Å². The molecular weight excluding hydrogens is 360 g/mol. The van der Waals surface area contributed by atoms with Gasteiger partial charge in [0.2, 0.25) is 0 Å². The van der Waals surface area contributed by atoms with Crippen molar-refractivity contribution in [2.45, 2.75) is 32.6 Å². The number of benzene rings is 2. The molecule has 3 atom stereocenters. The van der Waals surface area contributed by atoms with Crippen LogP contribution in [0.1, 0.15) is 43.7 Å². The van der Waals surface area contributed by atoms with Gasteiger partial charge in [-0.3, -0.25) is 4.79 Å². The number of fused-ring (bicyclic) bond motifs is 2. The van der Waals surface area contributed by atoms with Crippen molar-refractivity contribution in [1.82, 2.24) is 0 Å². The Balaban J connectivity index is 1.68. The van der Waals surface area contributed by atoms with Crippen molar-refractivity contribution >= 4 is 11.9 Å². The van der Waals surface area contributed by atoms with Gasteiger partial charge in [0.1, 0.15) is 17.3 Å². The van der Waals surface area contributed by atoms with Gasteiger partial charge in [-0.1, -0.05) is 49.4 Å². The van der Waals surface area contributed by atoms with Gasteiger partial charge in [0.05, 0.1) is 14.2 Å². The molecule has 0 saturated heterocycles. The lowest BCUT2D eigenvalue weighted by Gasteiger charge is -2.43. The van der Waals surface area contributed by atoms with Gasteiger partial charge in [-0.2, -0.15) is 0 Å². The summed E-state index contributed by atoms with van der Waals surface area (Å²) >= 11 is 0. The molecule has 0 N–H and O–H groups in total. The highest BCUT2D eigenvalue weighted by molar-refractivity contribution is 5.90. The summed E-state index contributed by atoms with van der Waals surface area (Å²) < 4.78 is 10.5. The topological polar surface area (TPSA) is 35.5 Å². The molecule has 1 fully saturated rings. The van der Waals surface area contributed by atoms with E-state index in [0.29, 0.717) is 12.2 Å². The number of Topliss-reactive ketones (excluding diaryl/α,β-unsaturated/α-hetero) is 1. The molecule has 0 heterocycles. The smallest absolute Gasteiger partial charge is 0.143 e. The van der Waals surface area contributed by atoms with E-state index < -0.39 is 0 Å². The van der Waals surface area contributed by atoms with E-state index >= 15 is 0 Å². The molecule has 4 rings (SSSR count). The molecule has 3 nitrogen and oxygen atoms in total. The number of ketones is 1. The van der Waals surface area contributed by atoms with Crippen LogP contribution in [0.5, 0.6) is 11.5 Å². The van der Waals surface area contributed by atoms with Crippen molar-refractivity contribution in [2.24, 2.45) is 10.8 Å². The quantitative estimate of drug-likeness (QED) is 0.648. The Bertz CT molecular complexity index is 968. The highest BCUT2D eigenvalue weighted by Crippen LogP contribution is 2.61. The molecule has 2 aromatic rings. The molecule has 2 aliphatic carbocycles. The Hall–Kier alpha value is -2.81. The minimum absolute atomic E-state index is 0.0692. The number of methoxy groups -OCH3 is 2. The number of ether oxygens (including phenoxy) is 2. The van der Waals surface area contributed by atoms with E-state index in [1.165, 1.54) is 11.1 Å². The molecule has 150 valence electrons. The summed E-state index contributed by atoms with van der Waals surface area (Å²) in [6.07, 6.45) is 7.98. The zero-order valence-corrected chi connectivity index (χ0v) is 17.6. The van der Waals surface area contributed by atoms with Crippen molar-refractivity contribution < 1.29 is 14.3 Å². The Morgan fingerprint density at radius 1 is 0.897 bits per heavy atom. The summed E-state index contributed by atoms with van der Waals surface area (Å²) in [5, 5.41) is 0. The van der Waals surface area contributed by atoms with E-state index in [4.69, 9.17) is 9.47 Å². The minimum atomic E-state index is -0.364. The Labute approximate surface area is 173 Å². The molecule has 0 radical (unpaired) electrons. The van der Waals surface area contributed by atoms with Crippen LogP contribution in [0.3, 0.4) is 0 Å². The fourth-order valence-electron chi connectivity index (χ4n) is 5.03. The first kappa shape index (κ1) is 19.5. The van der Waals surface area contributed by atoms with E-state index in [1.807, 2.05) is 36.4 Å². The van der Waals surface area contributed by atoms with Crippen molar-refractivity contribution in [2.75, 3.05) is 14.2 Å². The molecule has 0 spiro atoms. The zero-order valence-electron chi connectivity index (χ0n) is 17.6. The van der Waals surface area contributed by atoms with Crippen LogP contribution in [-0.4, -0.2) is 20.0 Å². The molecule has 1 saturated carbocycles. The predicted molar refractivity (Wildman–Crippen MR) is 116 cm³/mol. The average molecular weight is 389 g/mol. The summed E-state index contributed by atoms with van der Waals surface area (Å²) in [6.45, 7) is 4.40. The summed E-state index contributed by atoms with van der Waals surface area (Å²) in [5.74, 6) is 2.20. The number of hydrogen-bond acceptors (Lipinski definition) is 3. The van der Waals surface area contributed by atoms with E-state index in [0.717, 1.165) is 23.5 Å². The number of carbonyl (C=O) groups is 1. The largest absolute Gasteiger partial charge is 0.497 e. The molecule has 0 aliphatic heterocycles. The van der Waals surface area contributed by atoms with Crippen molar-refractivity contribution in [1.29, 1.82) is 0 Å². The second-order valence-electron chi connectivity index (χ2n) is 8.67. The standard InChI is InChI=1S/C26H28O3/c1-25-16-20(10-5-18-6-11-21(28-3)12-7-18)26(2,17-25)23(15-24(25)27)19-8-13-22(29-4)14-9-19/h5-14,16,23H,15,17H2,1-4H3/b10-5+. The molecule has 0 aromatic heterocycles. The third-order valence-corrected chi connectivity index (χ3v) is 6.75. The number of rotatable bonds is 5. The Morgan fingerprint density at radius 3 is 2.07 bits per heavy atom. The highest BCUT2D eigenvalue weighted by atomic mass is 16.5. The third-order valence-electron chi connectivity index (χ3n) is 6.75. The van der Waals surface area contributed by atoms with Gasteiger partial charge in [0.15, 0.2) is 0 Å². The Kier molecular flexibility index (Phi) is 4.85. The maximum atomic E-state index is 13.0. The fraction of sp³-hybridized carbons (Fsp3) is 0.346. The van der Waals surface area contributed by atoms with Gasteiger partial charge >= 0.3 is 0 Å². The summed E-state index contributed by atoms with van der Waals surface area (Å²) in [7, 11) is 3.35. The summed E-state index contributed by atoms with van der Waals surface area (Å²) in [6, 6.07) is 16.2. The van der Waals surface area contributed by atoms with Crippen LogP contribution in [-0.2, 0) is 4.79 Å². The van der Waals surface area contributed by atoms with Crippen LogP contribution in [0.2, 0.25) is 0 Å². The molecule has 2 aromatic carbocycles. The predicted octanol–water partition coefficient (Wildman–Crippen LogP) is 5.82. The third kappa shape index (κ3) is 3.39. The van der Waals surface area contributed by atoms with Crippen molar-refractivity contribution in [3.05, 3.63) is 77.4 Å². The fourth-order valence-corrected chi connectivity index (χ4v) is 5.03. The minimum Gasteiger partial charge on any atom is -0.497 e. The van der Waals surface area contributed by atoms with Crippen molar-refractivity contribution in [3.63, 3.8) is 0 Å². The van der Waals surface area contributed by atoms with E-state index in [-0.39, 0.29) is 16.7 Å². The van der Waals surface area contributed by atoms with Crippen LogP contribution in [0, 0.1) is 10.8 Å². The molecule has 2 bridgehead atoms. The Morgan fingerprint density at radius 2 is 1.48 bits per heavy atom. The normalized spacial score (nSPS) is 28.5. The average Bonchev–Trinajstić information content (AvgIpc) is 2.98. The number of carbonyl (C=O) groups excluding carboxylic acids is 1. The van der Waals surface area contributed by atoms with Gasteiger partial charge in [0.25, 0.3) is 0 Å². The first-order valence-corrected chi connectivity index (χ1v) is 10.1. The van der Waals surface area contributed by atoms with E-state index in [1.54, 1.807) is 14.2 Å². The highest BCUT2D eigenvalue weighted by Gasteiger charge is 2.55. The van der Waals surface area contributed by atoms with E-state index in [2.05, 4.69) is 44.2 Å². The zero-order chi connectivity index (χ0) is 20.6. The van der Waals surface area contributed by atoms with Crippen LogP contribution in [0.4, 0.5) is 0 Å². The van der Waals surface area contributed by atoms with Crippen LogP contribution in [0.25, 0.3) is 6.08 Å². The molecule has 3 unspecified atom stereocenters. The monoisotopic (exact) mass is 388 g/mol. The van der Waals surface area contributed by atoms with Gasteiger partial charge < -0.3 is 9.47 Å². The summed E-state index contributed by atoms with van der Waals surface area (Å²) in [5.41, 5.74) is 3.14. The lowest BCUT2D eigenvalue weighted by molar-refractivity contribution is -0.130. The maximum Gasteiger partial charge on any atom is 0.143 e. The molecule has 2 aliphatic rings. The van der Waals surface area contributed by atoms with Crippen molar-refractivity contribution in [3.8, 4) is 11.5 Å². The van der Waals surface area contributed by atoms with Gasteiger partial charge in [-0.15, -0.1) is 0 Å². The maximum absolute atomic E-state index is 13.0. The molecular formula is C26H28O3. The second-order valence-corrected chi connectivity index (χ2v) is 8.67. The second kappa shape index (κ2) is 7.22.